The highest BCUT2D eigenvalue weighted by molar-refractivity contribution is 5.95. The smallest absolute Gasteiger partial charge is 0.165 e. The minimum absolute atomic E-state index is 0.0434. The molecule has 0 aromatic heterocycles. The van der Waals surface area contributed by atoms with E-state index in [4.69, 9.17) is 4.74 Å². The third-order valence-corrected chi connectivity index (χ3v) is 3.42. The SMILES string of the molecule is CCC(=O)c1ccc(OC2CCCCC2)c(F)c1. The van der Waals surface area contributed by atoms with Gasteiger partial charge in [0.25, 0.3) is 0 Å². The van der Waals surface area contributed by atoms with E-state index < -0.39 is 5.82 Å². The molecule has 0 saturated heterocycles. The van der Waals surface area contributed by atoms with Crippen LogP contribution < -0.4 is 4.74 Å². The fourth-order valence-corrected chi connectivity index (χ4v) is 2.34. The second kappa shape index (κ2) is 5.98. The fourth-order valence-electron chi connectivity index (χ4n) is 2.34. The van der Waals surface area contributed by atoms with E-state index in [1.54, 1.807) is 19.1 Å². The van der Waals surface area contributed by atoms with Crippen molar-refractivity contribution in [1.82, 2.24) is 0 Å². The van der Waals surface area contributed by atoms with Crippen LogP contribution in [0.4, 0.5) is 4.39 Å². The van der Waals surface area contributed by atoms with E-state index in [1.165, 1.54) is 12.5 Å². The maximum Gasteiger partial charge on any atom is 0.165 e. The Morgan fingerprint density at radius 1 is 1.33 bits per heavy atom. The van der Waals surface area contributed by atoms with E-state index in [0.29, 0.717) is 12.0 Å². The minimum atomic E-state index is -0.431. The number of hydrogen-bond acceptors (Lipinski definition) is 2. The molecule has 98 valence electrons. The summed E-state index contributed by atoms with van der Waals surface area (Å²) in [7, 11) is 0. The lowest BCUT2D eigenvalue weighted by atomic mass is 9.98. The molecule has 0 amide bonds. The number of ketones is 1. The number of halogens is 1. The molecule has 1 saturated carbocycles. The summed E-state index contributed by atoms with van der Waals surface area (Å²) in [4.78, 5) is 11.5. The first kappa shape index (κ1) is 13.1. The summed E-state index contributed by atoms with van der Waals surface area (Å²) in [6.45, 7) is 1.77. The lowest BCUT2D eigenvalue weighted by Crippen LogP contribution is -2.20. The van der Waals surface area contributed by atoms with Crippen LogP contribution in [0.3, 0.4) is 0 Å². The van der Waals surface area contributed by atoms with Crippen LogP contribution in [0.2, 0.25) is 0 Å². The molecule has 1 aromatic rings. The molecule has 2 rings (SSSR count). The van der Waals surface area contributed by atoms with Gasteiger partial charge in [0.1, 0.15) is 0 Å². The second-order valence-electron chi connectivity index (χ2n) is 4.80. The van der Waals surface area contributed by atoms with Crippen molar-refractivity contribution in [3.63, 3.8) is 0 Å². The van der Waals surface area contributed by atoms with Crippen molar-refractivity contribution >= 4 is 5.78 Å². The van der Waals surface area contributed by atoms with Crippen molar-refractivity contribution in [2.45, 2.75) is 51.6 Å². The fraction of sp³-hybridized carbons (Fsp3) is 0.533. The second-order valence-corrected chi connectivity index (χ2v) is 4.80. The quantitative estimate of drug-likeness (QED) is 0.751. The van der Waals surface area contributed by atoms with Crippen LogP contribution in [0, 0.1) is 5.82 Å². The Bertz CT molecular complexity index is 423. The topological polar surface area (TPSA) is 26.3 Å². The van der Waals surface area contributed by atoms with Crippen molar-refractivity contribution in [1.29, 1.82) is 0 Å². The van der Waals surface area contributed by atoms with E-state index in [2.05, 4.69) is 0 Å². The van der Waals surface area contributed by atoms with Crippen LogP contribution in [0.25, 0.3) is 0 Å². The largest absolute Gasteiger partial charge is 0.487 e. The first-order valence-corrected chi connectivity index (χ1v) is 6.70. The van der Waals surface area contributed by atoms with E-state index in [0.717, 1.165) is 25.7 Å². The number of carbonyl (C=O) groups is 1. The summed E-state index contributed by atoms with van der Waals surface area (Å²) in [5, 5.41) is 0. The summed E-state index contributed by atoms with van der Waals surface area (Å²) in [6, 6.07) is 4.50. The summed E-state index contributed by atoms with van der Waals surface area (Å²) in [5.74, 6) is -0.201. The lowest BCUT2D eigenvalue weighted by molar-refractivity contribution is 0.0987. The van der Waals surface area contributed by atoms with Gasteiger partial charge in [-0.05, 0) is 43.9 Å². The number of benzene rings is 1. The van der Waals surface area contributed by atoms with E-state index >= 15 is 0 Å². The molecular weight excluding hydrogens is 231 g/mol. The van der Waals surface area contributed by atoms with Gasteiger partial charge in [-0.2, -0.15) is 0 Å². The highest BCUT2D eigenvalue weighted by Gasteiger charge is 2.17. The van der Waals surface area contributed by atoms with Gasteiger partial charge in [-0.15, -0.1) is 0 Å². The predicted octanol–water partition coefficient (Wildman–Crippen LogP) is 4.13. The third kappa shape index (κ3) is 3.09. The van der Waals surface area contributed by atoms with E-state index in [9.17, 15) is 9.18 Å². The van der Waals surface area contributed by atoms with E-state index in [-0.39, 0.29) is 17.6 Å². The van der Waals surface area contributed by atoms with Crippen LogP contribution in [0.5, 0.6) is 5.75 Å². The summed E-state index contributed by atoms with van der Waals surface area (Å²) in [5.41, 5.74) is 0.422. The van der Waals surface area contributed by atoms with Crippen LogP contribution in [-0.4, -0.2) is 11.9 Å². The first-order valence-electron chi connectivity index (χ1n) is 6.70. The molecule has 0 spiro atoms. The van der Waals surface area contributed by atoms with Crippen molar-refractivity contribution in [2.24, 2.45) is 0 Å². The summed E-state index contributed by atoms with van der Waals surface area (Å²) < 4.78 is 19.5. The molecule has 1 aliphatic carbocycles. The maximum atomic E-state index is 13.8. The van der Waals surface area contributed by atoms with Crippen molar-refractivity contribution in [2.75, 3.05) is 0 Å². The molecule has 0 atom stereocenters. The van der Waals surface area contributed by atoms with Crippen LogP contribution >= 0.6 is 0 Å². The molecule has 0 N–H and O–H groups in total. The van der Waals surface area contributed by atoms with Crippen LogP contribution in [0.1, 0.15) is 55.8 Å². The van der Waals surface area contributed by atoms with Gasteiger partial charge in [0.15, 0.2) is 17.3 Å². The van der Waals surface area contributed by atoms with Gasteiger partial charge >= 0.3 is 0 Å². The normalized spacial score (nSPS) is 16.6. The van der Waals surface area contributed by atoms with Gasteiger partial charge < -0.3 is 4.74 Å². The first-order chi connectivity index (χ1) is 8.70. The molecular formula is C15H19FO2. The number of rotatable bonds is 4. The number of ether oxygens (including phenoxy) is 1. The van der Waals surface area contributed by atoms with Gasteiger partial charge in [-0.25, -0.2) is 4.39 Å². The lowest BCUT2D eigenvalue weighted by Gasteiger charge is -2.23. The minimum Gasteiger partial charge on any atom is -0.487 e. The Labute approximate surface area is 107 Å². The van der Waals surface area contributed by atoms with Gasteiger partial charge in [0.2, 0.25) is 0 Å². The molecule has 3 heteroatoms. The monoisotopic (exact) mass is 250 g/mol. The van der Waals surface area contributed by atoms with Gasteiger partial charge in [-0.3, -0.25) is 4.79 Å². The van der Waals surface area contributed by atoms with Crippen molar-refractivity contribution in [3.8, 4) is 5.75 Å². The van der Waals surface area contributed by atoms with Gasteiger partial charge in [-0.1, -0.05) is 13.3 Å². The zero-order valence-electron chi connectivity index (χ0n) is 10.7. The molecule has 18 heavy (non-hydrogen) atoms. The molecule has 1 aromatic carbocycles. The van der Waals surface area contributed by atoms with Crippen LogP contribution in [0.15, 0.2) is 18.2 Å². The Hall–Kier alpha value is -1.38. The number of carbonyl (C=O) groups excluding carboxylic acids is 1. The summed E-state index contributed by atoms with van der Waals surface area (Å²) >= 11 is 0. The standard InChI is InChI=1S/C15H19FO2/c1-2-14(17)11-8-9-15(13(16)10-11)18-12-6-4-3-5-7-12/h8-10,12H,2-7H2,1H3. The molecule has 1 aliphatic rings. The molecule has 2 nitrogen and oxygen atoms in total. The molecule has 0 unspecified atom stereocenters. The Morgan fingerprint density at radius 3 is 2.67 bits per heavy atom. The predicted molar refractivity (Wildman–Crippen MR) is 68.5 cm³/mol. The molecule has 0 bridgehead atoms. The highest BCUT2D eigenvalue weighted by atomic mass is 19.1. The average Bonchev–Trinajstić information content (AvgIpc) is 2.41. The van der Waals surface area contributed by atoms with Crippen molar-refractivity contribution < 1.29 is 13.9 Å². The molecule has 1 fully saturated rings. The molecule has 0 radical (unpaired) electrons. The third-order valence-electron chi connectivity index (χ3n) is 3.42. The van der Waals surface area contributed by atoms with Gasteiger partial charge in [0.05, 0.1) is 6.10 Å². The van der Waals surface area contributed by atoms with Crippen molar-refractivity contribution in [3.05, 3.63) is 29.6 Å². The maximum absolute atomic E-state index is 13.8. The average molecular weight is 250 g/mol. The number of Topliss-reactive ketones (excluding diaryl/α,β-unsaturated/α-hetero) is 1. The Morgan fingerprint density at radius 2 is 2.06 bits per heavy atom. The van der Waals surface area contributed by atoms with Gasteiger partial charge in [0, 0.05) is 12.0 Å². The molecule has 0 aliphatic heterocycles. The zero-order valence-corrected chi connectivity index (χ0v) is 10.7. The Kier molecular flexibility index (Phi) is 4.34. The molecule has 0 heterocycles. The zero-order chi connectivity index (χ0) is 13.0. The van der Waals surface area contributed by atoms with Crippen LogP contribution in [-0.2, 0) is 0 Å². The Balaban J connectivity index is 2.07. The number of hydrogen-bond donors (Lipinski definition) is 0. The summed E-state index contributed by atoms with van der Waals surface area (Å²) in [6.07, 6.45) is 6.05. The highest BCUT2D eigenvalue weighted by Crippen LogP contribution is 2.26. The van der Waals surface area contributed by atoms with E-state index in [1.807, 2.05) is 0 Å².